The minimum atomic E-state index is 0.649. The molecule has 0 fully saturated rings. The Morgan fingerprint density at radius 1 is 1.16 bits per heavy atom. The molecular formula is C16H16N2O. The topological polar surface area (TPSA) is 52.0 Å². The Hall–Kier alpha value is -2.13. The van der Waals surface area contributed by atoms with E-state index in [1.54, 1.807) is 0 Å². The number of hydrogen-bond donors (Lipinski definition) is 1. The lowest BCUT2D eigenvalue weighted by Crippen LogP contribution is -2.02. The van der Waals surface area contributed by atoms with Gasteiger partial charge in [0, 0.05) is 5.56 Å². The van der Waals surface area contributed by atoms with Crippen molar-refractivity contribution in [3.05, 3.63) is 53.6 Å². The maximum absolute atomic E-state index is 5.83. The molecule has 0 amide bonds. The van der Waals surface area contributed by atoms with E-state index in [2.05, 4.69) is 17.1 Å². The summed E-state index contributed by atoms with van der Waals surface area (Å²) < 4.78 is 5.83. The maximum Gasteiger partial charge on any atom is 0.227 e. The van der Waals surface area contributed by atoms with E-state index >= 15 is 0 Å². The summed E-state index contributed by atoms with van der Waals surface area (Å²) in [5.41, 5.74) is 10.7. The Labute approximate surface area is 112 Å². The molecule has 3 nitrogen and oxygen atoms in total. The lowest BCUT2D eigenvalue weighted by molar-refractivity contribution is 0.619. The maximum atomic E-state index is 5.83. The third-order valence-corrected chi connectivity index (χ3v) is 3.23. The van der Waals surface area contributed by atoms with Crippen LogP contribution in [0.25, 0.3) is 22.6 Å². The average molecular weight is 252 g/mol. The van der Waals surface area contributed by atoms with Gasteiger partial charge in [-0.2, -0.15) is 0 Å². The average Bonchev–Trinajstić information content (AvgIpc) is 2.85. The van der Waals surface area contributed by atoms with Gasteiger partial charge < -0.3 is 10.2 Å². The molecule has 1 heterocycles. The van der Waals surface area contributed by atoms with Crippen LogP contribution in [0.4, 0.5) is 0 Å². The van der Waals surface area contributed by atoms with E-state index in [4.69, 9.17) is 10.2 Å². The van der Waals surface area contributed by atoms with Gasteiger partial charge in [0.25, 0.3) is 0 Å². The first-order chi connectivity index (χ1) is 9.28. The first-order valence-electron chi connectivity index (χ1n) is 6.43. The molecule has 0 aliphatic heterocycles. The quantitative estimate of drug-likeness (QED) is 0.778. The molecular weight excluding hydrogens is 236 g/mol. The molecule has 0 bridgehead atoms. The predicted molar refractivity (Wildman–Crippen MR) is 76.9 cm³/mol. The van der Waals surface area contributed by atoms with Crippen LogP contribution in [0.1, 0.15) is 11.1 Å². The predicted octanol–water partition coefficient (Wildman–Crippen LogP) is 3.30. The first-order valence-corrected chi connectivity index (χ1v) is 6.43. The molecule has 3 aromatic rings. The zero-order valence-electron chi connectivity index (χ0n) is 10.9. The Bertz CT molecular complexity index is 716. The third kappa shape index (κ3) is 2.25. The molecule has 0 spiro atoms. The van der Waals surface area contributed by atoms with Crippen LogP contribution < -0.4 is 5.73 Å². The fourth-order valence-corrected chi connectivity index (χ4v) is 2.24. The van der Waals surface area contributed by atoms with Crippen molar-refractivity contribution in [1.29, 1.82) is 0 Å². The monoisotopic (exact) mass is 252 g/mol. The fourth-order valence-electron chi connectivity index (χ4n) is 2.24. The SMILES string of the molecule is Cc1cccc2oc(-c3cccc(CCN)c3)nc12. The smallest absolute Gasteiger partial charge is 0.227 e. The number of benzene rings is 2. The summed E-state index contributed by atoms with van der Waals surface area (Å²) in [6.45, 7) is 2.69. The minimum absolute atomic E-state index is 0.649. The fraction of sp³-hybridized carbons (Fsp3) is 0.188. The van der Waals surface area contributed by atoms with Crippen molar-refractivity contribution >= 4 is 11.1 Å². The molecule has 3 heteroatoms. The summed E-state index contributed by atoms with van der Waals surface area (Å²) in [7, 11) is 0. The molecule has 0 atom stereocenters. The second-order valence-corrected chi connectivity index (χ2v) is 4.68. The molecule has 0 saturated heterocycles. The molecule has 1 aromatic heterocycles. The van der Waals surface area contributed by atoms with E-state index in [-0.39, 0.29) is 0 Å². The summed E-state index contributed by atoms with van der Waals surface area (Å²) >= 11 is 0. The van der Waals surface area contributed by atoms with Crippen LogP contribution in [0.5, 0.6) is 0 Å². The summed E-state index contributed by atoms with van der Waals surface area (Å²) in [6.07, 6.45) is 0.868. The number of hydrogen-bond acceptors (Lipinski definition) is 3. The molecule has 2 aromatic carbocycles. The minimum Gasteiger partial charge on any atom is -0.436 e. The van der Waals surface area contributed by atoms with E-state index in [9.17, 15) is 0 Å². The second kappa shape index (κ2) is 4.86. The van der Waals surface area contributed by atoms with Crippen LogP contribution in [0.3, 0.4) is 0 Å². The Morgan fingerprint density at radius 2 is 2.00 bits per heavy atom. The molecule has 2 N–H and O–H groups in total. The molecule has 0 aliphatic carbocycles. The van der Waals surface area contributed by atoms with E-state index < -0.39 is 0 Å². The number of para-hydroxylation sites is 1. The summed E-state index contributed by atoms with van der Waals surface area (Å²) in [5, 5.41) is 0. The molecule has 0 aliphatic rings. The van der Waals surface area contributed by atoms with Crippen LogP contribution in [-0.4, -0.2) is 11.5 Å². The lowest BCUT2D eigenvalue weighted by atomic mass is 10.1. The normalized spacial score (nSPS) is 11.1. The number of oxazole rings is 1. The van der Waals surface area contributed by atoms with E-state index in [0.717, 1.165) is 28.6 Å². The van der Waals surface area contributed by atoms with Crippen molar-refractivity contribution in [3.8, 4) is 11.5 Å². The van der Waals surface area contributed by atoms with Gasteiger partial charge in [-0.1, -0.05) is 24.3 Å². The van der Waals surface area contributed by atoms with Crippen LogP contribution in [-0.2, 0) is 6.42 Å². The zero-order valence-corrected chi connectivity index (χ0v) is 10.9. The Morgan fingerprint density at radius 3 is 2.79 bits per heavy atom. The van der Waals surface area contributed by atoms with Crippen molar-refractivity contribution < 1.29 is 4.42 Å². The highest BCUT2D eigenvalue weighted by molar-refractivity contribution is 5.79. The van der Waals surface area contributed by atoms with Crippen molar-refractivity contribution in [2.75, 3.05) is 6.54 Å². The summed E-state index contributed by atoms with van der Waals surface area (Å²) in [6, 6.07) is 14.2. The zero-order chi connectivity index (χ0) is 13.2. The third-order valence-electron chi connectivity index (χ3n) is 3.23. The van der Waals surface area contributed by atoms with Crippen molar-refractivity contribution in [2.45, 2.75) is 13.3 Å². The van der Waals surface area contributed by atoms with Gasteiger partial charge in [0.1, 0.15) is 5.52 Å². The molecule has 96 valence electrons. The number of nitrogens with zero attached hydrogens (tertiary/aromatic N) is 1. The van der Waals surface area contributed by atoms with Crippen LogP contribution in [0, 0.1) is 6.92 Å². The van der Waals surface area contributed by atoms with Gasteiger partial charge in [0.2, 0.25) is 5.89 Å². The van der Waals surface area contributed by atoms with E-state index in [1.807, 2.05) is 37.3 Å². The number of fused-ring (bicyclic) bond motifs is 1. The van der Waals surface area contributed by atoms with Crippen LogP contribution >= 0.6 is 0 Å². The van der Waals surface area contributed by atoms with E-state index in [1.165, 1.54) is 5.56 Å². The van der Waals surface area contributed by atoms with Gasteiger partial charge in [-0.15, -0.1) is 0 Å². The standard InChI is InChI=1S/C16H16N2O/c1-11-4-2-7-14-15(11)18-16(19-14)13-6-3-5-12(10-13)8-9-17/h2-7,10H,8-9,17H2,1H3. The van der Waals surface area contributed by atoms with Gasteiger partial charge in [-0.3, -0.25) is 0 Å². The van der Waals surface area contributed by atoms with E-state index in [0.29, 0.717) is 12.4 Å². The number of nitrogens with two attached hydrogens (primary N) is 1. The number of rotatable bonds is 3. The van der Waals surface area contributed by atoms with Gasteiger partial charge in [0.15, 0.2) is 5.58 Å². The Balaban J connectivity index is 2.08. The molecule has 0 saturated carbocycles. The van der Waals surface area contributed by atoms with Crippen LogP contribution in [0.2, 0.25) is 0 Å². The van der Waals surface area contributed by atoms with Gasteiger partial charge in [-0.25, -0.2) is 4.98 Å². The van der Waals surface area contributed by atoms with Gasteiger partial charge in [-0.05, 0) is 49.2 Å². The molecule has 0 unspecified atom stereocenters. The number of aromatic nitrogens is 1. The summed E-state index contributed by atoms with van der Waals surface area (Å²) in [5.74, 6) is 0.670. The van der Waals surface area contributed by atoms with Crippen LogP contribution in [0.15, 0.2) is 46.9 Å². The van der Waals surface area contributed by atoms with Crippen molar-refractivity contribution in [1.82, 2.24) is 4.98 Å². The lowest BCUT2D eigenvalue weighted by Gasteiger charge is -2.00. The number of aryl methyl sites for hydroxylation is 1. The second-order valence-electron chi connectivity index (χ2n) is 4.68. The molecule has 0 radical (unpaired) electrons. The highest BCUT2D eigenvalue weighted by atomic mass is 16.3. The first kappa shape index (κ1) is 11.9. The molecule has 19 heavy (non-hydrogen) atoms. The largest absolute Gasteiger partial charge is 0.436 e. The van der Waals surface area contributed by atoms with Gasteiger partial charge >= 0.3 is 0 Å². The van der Waals surface area contributed by atoms with Crippen molar-refractivity contribution in [3.63, 3.8) is 0 Å². The Kier molecular flexibility index (Phi) is 3.05. The molecule has 3 rings (SSSR count). The summed E-state index contributed by atoms with van der Waals surface area (Å²) in [4.78, 5) is 4.59. The van der Waals surface area contributed by atoms with Crippen molar-refractivity contribution in [2.24, 2.45) is 5.73 Å². The highest BCUT2D eigenvalue weighted by Gasteiger charge is 2.09. The highest BCUT2D eigenvalue weighted by Crippen LogP contribution is 2.26. The van der Waals surface area contributed by atoms with Gasteiger partial charge in [0.05, 0.1) is 0 Å².